The zero-order valence-corrected chi connectivity index (χ0v) is 29.8. The number of aromatic nitrogens is 3. The highest BCUT2D eigenvalue weighted by molar-refractivity contribution is 6.28. The summed E-state index contributed by atoms with van der Waals surface area (Å²) in [6.45, 7) is 7.80. The Morgan fingerprint density at radius 2 is 1.61 bits per heavy atom. The molecule has 0 radical (unpaired) electrons. The van der Waals surface area contributed by atoms with Crippen LogP contribution in [-0.4, -0.2) is 62.4 Å². The van der Waals surface area contributed by atoms with Crippen LogP contribution in [0.25, 0.3) is 22.5 Å². The number of ether oxygens (including phenoxy) is 1. The number of carbonyl (C=O) groups is 4. The Bertz CT molecular complexity index is 1860. The Morgan fingerprint density at radius 3 is 2.20 bits per heavy atom. The molecule has 268 valence electrons. The molecule has 1 aliphatic carbocycles. The van der Waals surface area contributed by atoms with Gasteiger partial charge in [0.15, 0.2) is 5.82 Å². The highest BCUT2D eigenvalue weighted by atomic mass is 35.5. The van der Waals surface area contributed by atoms with Crippen LogP contribution in [0.15, 0.2) is 66.7 Å². The van der Waals surface area contributed by atoms with E-state index in [-0.39, 0.29) is 40.9 Å². The molecule has 0 aliphatic heterocycles. The Hall–Kier alpha value is -5.23. The zero-order chi connectivity index (χ0) is 36.7. The number of amides is 3. The van der Waals surface area contributed by atoms with E-state index in [4.69, 9.17) is 16.3 Å². The first-order chi connectivity index (χ1) is 24.2. The lowest BCUT2D eigenvalue weighted by Crippen LogP contribution is -2.48. The van der Waals surface area contributed by atoms with E-state index in [0.29, 0.717) is 30.9 Å². The zero-order valence-electron chi connectivity index (χ0n) is 29.1. The van der Waals surface area contributed by atoms with E-state index in [1.54, 1.807) is 42.5 Å². The van der Waals surface area contributed by atoms with Crippen molar-refractivity contribution in [3.63, 3.8) is 0 Å². The molecule has 1 saturated carbocycles. The summed E-state index contributed by atoms with van der Waals surface area (Å²) in [5.41, 5.74) is 4.42. The molecule has 4 aromatic rings. The number of carboxylic acid groups (broad SMARTS) is 1. The van der Waals surface area contributed by atoms with E-state index in [9.17, 15) is 24.3 Å². The van der Waals surface area contributed by atoms with Crippen LogP contribution in [0.4, 0.5) is 10.5 Å². The minimum atomic E-state index is -0.981. The number of aromatic carboxylic acids is 1. The molecule has 0 bridgehead atoms. The first kappa shape index (κ1) is 37.0. The van der Waals surface area contributed by atoms with Crippen LogP contribution in [0.3, 0.4) is 0 Å². The molecular weight excluding hydrogens is 672 g/mol. The molecule has 0 unspecified atom stereocenters. The summed E-state index contributed by atoms with van der Waals surface area (Å²) < 4.78 is 5.34. The fraction of sp³-hybridized carbons (Fsp3) is 0.368. The summed E-state index contributed by atoms with van der Waals surface area (Å²) >= 11 is 5.86. The summed E-state index contributed by atoms with van der Waals surface area (Å²) in [5, 5.41) is 26.0. The average molecular weight is 715 g/mol. The maximum absolute atomic E-state index is 13.7. The van der Waals surface area contributed by atoms with Gasteiger partial charge < -0.3 is 30.8 Å². The Labute approximate surface area is 301 Å². The van der Waals surface area contributed by atoms with Gasteiger partial charge >= 0.3 is 12.1 Å². The second-order valence-electron chi connectivity index (χ2n) is 13.9. The topological polar surface area (TPSA) is 175 Å². The molecule has 0 spiro atoms. The van der Waals surface area contributed by atoms with E-state index in [1.807, 2.05) is 52.0 Å². The van der Waals surface area contributed by atoms with E-state index < -0.39 is 23.7 Å². The molecule has 5 N–H and O–H groups in total. The van der Waals surface area contributed by atoms with Crippen LogP contribution < -0.4 is 16.0 Å². The second-order valence-corrected chi connectivity index (χ2v) is 14.3. The molecule has 1 fully saturated rings. The number of nitrogens with zero attached hydrogens (tertiary/aromatic N) is 2. The molecule has 13 heteroatoms. The predicted molar refractivity (Wildman–Crippen MR) is 194 cm³/mol. The van der Waals surface area contributed by atoms with Crippen molar-refractivity contribution >= 4 is 41.2 Å². The number of aryl methyl sites for hydroxylation is 1. The molecule has 1 atom stereocenters. The lowest BCUT2D eigenvalue weighted by atomic mass is 9.81. The van der Waals surface area contributed by atoms with Crippen molar-refractivity contribution in [1.29, 1.82) is 0 Å². The van der Waals surface area contributed by atoms with Crippen molar-refractivity contribution < 1.29 is 29.0 Å². The summed E-state index contributed by atoms with van der Waals surface area (Å²) in [5.74, 6) is -1.06. The predicted octanol–water partition coefficient (Wildman–Crippen LogP) is 6.80. The molecule has 12 nitrogen and oxygen atoms in total. The maximum Gasteiger partial charge on any atom is 0.407 e. The molecule has 5 rings (SSSR count). The van der Waals surface area contributed by atoms with Crippen LogP contribution in [0, 0.1) is 18.8 Å². The monoisotopic (exact) mass is 714 g/mol. The van der Waals surface area contributed by atoms with Gasteiger partial charge in [-0.25, -0.2) is 9.59 Å². The molecule has 1 heterocycles. The highest BCUT2D eigenvalue weighted by Crippen LogP contribution is 2.29. The number of carboxylic acids is 1. The number of hydrogen-bond donors (Lipinski definition) is 5. The summed E-state index contributed by atoms with van der Waals surface area (Å²) in [6, 6.07) is 18.8. The number of carbonyl (C=O) groups excluding carboxylic acids is 3. The number of H-pyrrole nitrogens is 1. The largest absolute Gasteiger partial charge is 0.478 e. The van der Waals surface area contributed by atoms with Crippen LogP contribution in [0.1, 0.15) is 67.9 Å². The molecule has 0 saturated heterocycles. The van der Waals surface area contributed by atoms with Gasteiger partial charge in [0, 0.05) is 30.1 Å². The van der Waals surface area contributed by atoms with Gasteiger partial charge in [0.25, 0.3) is 0 Å². The van der Waals surface area contributed by atoms with Gasteiger partial charge in [0.2, 0.25) is 17.1 Å². The standard InChI is InChI=1S/C38H43ClN6O6/c1-22-19-28(35(48)49)15-18-30(22)25-9-5-23(6-10-25)20-31(34(47)41-29-16-13-26(14-17-29)32-43-36(39)45-44-32)42-33(46)27-11-7-24(8-12-27)21-40-37(50)51-38(2,3)4/h5-6,9-10,13-19,24,27,31H,7-8,11-12,20-21H2,1-4H3,(H,40,50)(H,41,47)(H,42,46)(H,48,49)(H,43,44,45)/t24-,27-,31-/m0/s1. The van der Waals surface area contributed by atoms with Gasteiger partial charge in [-0.05, 0) is 130 Å². The first-order valence-corrected chi connectivity index (χ1v) is 17.3. The first-order valence-electron chi connectivity index (χ1n) is 16.9. The Kier molecular flexibility index (Phi) is 11.8. The van der Waals surface area contributed by atoms with Crippen LogP contribution in [0.2, 0.25) is 5.28 Å². The van der Waals surface area contributed by atoms with Crippen LogP contribution >= 0.6 is 11.6 Å². The number of hydrogen-bond acceptors (Lipinski definition) is 7. The summed E-state index contributed by atoms with van der Waals surface area (Å²) in [4.78, 5) is 53.7. The third-order valence-electron chi connectivity index (χ3n) is 8.85. The molecule has 51 heavy (non-hydrogen) atoms. The van der Waals surface area contributed by atoms with Crippen molar-refractivity contribution in [2.75, 3.05) is 11.9 Å². The minimum absolute atomic E-state index is 0.172. The molecule has 3 aromatic carbocycles. The lowest BCUT2D eigenvalue weighted by Gasteiger charge is -2.29. The smallest absolute Gasteiger partial charge is 0.407 e. The average Bonchev–Trinajstić information content (AvgIpc) is 3.53. The fourth-order valence-corrected chi connectivity index (χ4v) is 6.29. The number of alkyl carbamates (subject to hydrolysis) is 1. The number of halogens is 1. The van der Waals surface area contributed by atoms with Gasteiger partial charge in [-0.1, -0.05) is 30.3 Å². The highest BCUT2D eigenvalue weighted by Gasteiger charge is 2.30. The molecule has 3 amide bonds. The van der Waals surface area contributed by atoms with Crippen molar-refractivity contribution in [1.82, 2.24) is 25.8 Å². The summed E-state index contributed by atoms with van der Waals surface area (Å²) in [6.07, 6.45) is 2.61. The molecule has 1 aliphatic rings. The quantitative estimate of drug-likeness (QED) is 0.113. The van der Waals surface area contributed by atoms with Gasteiger partial charge in [-0.2, -0.15) is 0 Å². The van der Waals surface area contributed by atoms with Gasteiger partial charge in [0.1, 0.15) is 11.6 Å². The third-order valence-corrected chi connectivity index (χ3v) is 9.02. The van der Waals surface area contributed by atoms with E-state index in [2.05, 4.69) is 31.1 Å². The number of nitrogens with one attached hydrogen (secondary N) is 4. The van der Waals surface area contributed by atoms with E-state index >= 15 is 0 Å². The number of rotatable bonds is 11. The molecule has 1 aromatic heterocycles. The Morgan fingerprint density at radius 1 is 0.941 bits per heavy atom. The van der Waals surface area contributed by atoms with E-state index in [1.165, 1.54) is 0 Å². The van der Waals surface area contributed by atoms with Gasteiger partial charge in [-0.15, -0.1) is 10.2 Å². The minimum Gasteiger partial charge on any atom is -0.478 e. The van der Waals surface area contributed by atoms with Crippen molar-refractivity contribution in [3.8, 4) is 22.5 Å². The van der Waals surface area contributed by atoms with Crippen LogP contribution in [0.5, 0.6) is 0 Å². The molecular formula is C38H43ClN6O6. The normalized spacial score (nSPS) is 16.5. The number of benzene rings is 3. The lowest BCUT2D eigenvalue weighted by molar-refractivity contribution is -0.130. The third kappa shape index (κ3) is 10.4. The SMILES string of the molecule is Cc1cc(C(=O)O)ccc1-c1ccc(C[C@H](NC(=O)[C@H]2CC[C@H](CNC(=O)OC(C)(C)C)CC2)C(=O)Nc2ccc(-c3nnc(Cl)[nH]3)cc2)cc1. The number of anilines is 1. The van der Waals surface area contributed by atoms with Crippen LogP contribution in [-0.2, 0) is 20.7 Å². The summed E-state index contributed by atoms with van der Waals surface area (Å²) in [7, 11) is 0. The van der Waals surface area contributed by atoms with Crippen molar-refractivity contribution in [2.24, 2.45) is 11.8 Å². The maximum atomic E-state index is 13.7. The van der Waals surface area contributed by atoms with Gasteiger partial charge in [0.05, 0.1) is 5.56 Å². The number of aromatic amines is 1. The fourth-order valence-electron chi connectivity index (χ4n) is 6.16. The van der Waals surface area contributed by atoms with Crippen molar-refractivity contribution in [2.45, 2.75) is 71.4 Å². The van der Waals surface area contributed by atoms with Crippen molar-refractivity contribution in [3.05, 3.63) is 88.7 Å². The second kappa shape index (κ2) is 16.2. The Balaban J connectivity index is 1.25. The van der Waals surface area contributed by atoms with Gasteiger partial charge in [-0.3, -0.25) is 9.59 Å². The van der Waals surface area contributed by atoms with E-state index in [0.717, 1.165) is 40.7 Å².